The van der Waals surface area contributed by atoms with Gasteiger partial charge in [0, 0.05) is 6.61 Å². The molecule has 0 radical (unpaired) electrons. The lowest BCUT2D eigenvalue weighted by molar-refractivity contribution is 0.275. The predicted octanol–water partition coefficient (Wildman–Crippen LogP) is 2.24. The second-order valence-electron chi connectivity index (χ2n) is 3.59. The highest BCUT2D eigenvalue weighted by Gasteiger charge is 2.21. The minimum atomic E-state index is -0.150. The first-order valence-corrected chi connectivity index (χ1v) is 4.70. The van der Waals surface area contributed by atoms with Gasteiger partial charge in [0.25, 0.3) is 0 Å². The van der Waals surface area contributed by atoms with Crippen LogP contribution in [-0.4, -0.2) is 11.7 Å². The van der Waals surface area contributed by atoms with Crippen LogP contribution in [0.3, 0.4) is 0 Å². The Bertz CT molecular complexity index is 309. The quantitative estimate of drug-likeness (QED) is 0.740. The molecule has 13 heavy (non-hydrogen) atoms. The molecule has 0 saturated carbocycles. The van der Waals surface area contributed by atoms with Gasteiger partial charge in [0.15, 0.2) is 0 Å². The van der Waals surface area contributed by atoms with Crippen LogP contribution in [0.15, 0.2) is 18.2 Å². The lowest BCUT2D eigenvalue weighted by Crippen LogP contribution is -1.96. The van der Waals surface area contributed by atoms with Gasteiger partial charge in [-0.05, 0) is 48.4 Å². The highest BCUT2D eigenvalue weighted by atomic mass is 19.1. The second kappa shape index (κ2) is 3.46. The highest BCUT2D eigenvalue weighted by Crippen LogP contribution is 2.35. The summed E-state index contributed by atoms with van der Waals surface area (Å²) in [5.41, 5.74) is 2.36. The van der Waals surface area contributed by atoms with E-state index in [-0.39, 0.29) is 12.4 Å². The Hall–Kier alpha value is -0.890. The lowest BCUT2D eigenvalue weighted by atomic mass is 9.98. The molecule has 0 heterocycles. The SMILES string of the molecule is OCC[C@@H]1CCc2cc(F)ccc21. The number of aliphatic hydroxyl groups excluding tert-OH is 1. The third-order valence-electron chi connectivity index (χ3n) is 2.78. The Balaban J connectivity index is 2.27. The summed E-state index contributed by atoms with van der Waals surface area (Å²) in [5, 5.41) is 8.83. The summed E-state index contributed by atoms with van der Waals surface area (Å²) in [5.74, 6) is 0.295. The molecule has 1 aromatic carbocycles. The molecule has 0 fully saturated rings. The third kappa shape index (κ3) is 1.59. The lowest BCUT2D eigenvalue weighted by Gasteiger charge is -2.08. The molecule has 0 spiro atoms. The van der Waals surface area contributed by atoms with Crippen LogP contribution in [0.4, 0.5) is 4.39 Å². The Kier molecular flexibility index (Phi) is 2.32. The first-order chi connectivity index (χ1) is 6.31. The molecular weight excluding hydrogens is 167 g/mol. The van der Waals surface area contributed by atoms with Gasteiger partial charge in [-0.2, -0.15) is 0 Å². The van der Waals surface area contributed by atoms with Crippen molar-refractivity contribution in [3.05, 3.63) is 35.1 Å². The maximum atomic E-state index is 12.8. The van der Waals surface area contributed by atoms with Gasteiger partial charge in [0.1, 0.15) is 5.82 Å². The number of benzene rings is 1. The van der Waals surface area contributed by atoms with Gasteiger partial charge in [-0.15, -0.1) is 0 Å². The Morgan fingerprint density at radius 2 is 2.31 bits per heavy atom. The minimum Gasteiger partial charge on any atom is -0.396 e. The summed E-state index contributed by atoms with van der Waals surface area (Å²) in [4.78, 5) is 0. The summed E-state index contributed by atoms with van der Waals surface area (Å²) in [7, 11) is 0. The molecule has 0 aliphatic heterocycles. The zero-order valence-corrected chi connectivity index (χ0v) is 7.46. The van der Waals surface area contributed by atoms with E-state index in [1.165, 1.54) is 11.6 Å². The number of halogens is 1. The van der Waals surface area contributed by atoms with Crippen LogP contribution in [-0.2, 0) is 6.42 Å². The molecule has 0 unspecified atom stereocenters. The zero-order chi connectivity index (χ0) is 9.26. The van der Waals surface area contributed by atoms with Crippen molar-refractivity contribution in [2.75, 3.05) is 6.61 Å². The van der Waals surface area contributed by atoms with Gasteiger partial charge in [-0.25, -0.2) is 4.39 Å². The van der Waals surface area contributed by atoms with E-state index in [2.05, 4.69) is 0 Å². The monoisotopic (exact) mass is 180 g/mol. The summed E-state index contributed by atoms with van der Waals surface area (Å²) in [6.45, 7) is 0.224. The molecule has 0 bridgehead atoms. The first-order valence-electron chi connectivity index (χ1n) is 4.70. The molecule has 1 aliphatic carbocycles. The van der Waals surface area contributed by atoms with E-state index < -0.39 is 0 Å². The molecule has 1 atom stereocenters. The van der Waals surface area contributed by atoms with Crippen molar-refractivity contribution in [2.45, 2.75) is 25.2 Å². The fraction of sp³-hybridized carbons (Fsp3) is 0.455. The number of aliphatic hydroxyl groups is 1. The minimum absolute atomic E-state index is 0.150. The van der Waals surface area contributed by atoms with Gasteiger partial charge in [-0.1, -0.05) is 6.07 Å². The fourth-order valence-corrected chi connectivity index (χ4v) is 2.13. The zero-order valence-electron chi connectivity index (χ0n) is 7.46. The van der Waals surface area contributed by atoms with E-state index >= 15 is 0 Å². The number of rotatable bonds is 2. The number of hydrogen-bond acceptors (Lipinski definition) is 1. The van der Waals surface area contributed by atoms with Crippen molar-refractivity contribution >= 4 is 0 Å². The molecule has 0 amide bonds. The fourth-order valence-electron chi connectivity index (χ4n) is 2.13. The topological polar surface area (TPSA) is 20.2 Å². The van der Waals surface area contributed by atoms with Gasteiger partial charge < -0.3 is 5.11 Å². The largest absolute Gasteiger partial charge is 0.396 e. The Morgan fingerprint density at radius 1 is 1.46 bits per heavy atom. The molecule has 0 aromatic heterocycles. The van der Waals surface area contributed by atoms with E-state index in [9.17, 15) is 4.39 Å². The molecule has 2 rings (SSSR count). The Morgan fingerprint density at radius 3 is 3.08 bits per heavy atom. The maximum Gasteiger partial charge on any atom is 0.123 e. The summed E-state index contributed by atoms with van der Waals surface area (Å²) < 4.78 is 12.8. The molecule has 0 saturated heterocycles. The predicted molar refractivity (Wildman–Crippen MR) is 49.2 cm³/mol. The van der Waals surface area contributed by atoms with Gasteiger partial charge in [0.2, 0.25) is 0 Å². The van der Waals surface area contributed by atoms with Crippen molar-refractivity contribution in [3.8, 4) is 0 Å². The van der Waals surface area contributed by atoms with Gasteiger partial charge in [0.05, 0.1) is 0 Å². The maximum absolute atomic E-state index is 12.8. The normalized spacial score (nSPS) is 20.3. The van der Waals surface area contributed by atoms with E-state index in [4.69, 9.17) is 5.11 Å². The molecule has 1 aromatic rings. The van der Waals surface area contributed by atoms with Crippen molar-refractivity contribution in [3.63, 3.8) is 0 Å². The average molecular weight is 180 g/mol. The van der Waals surface area contributed by atoms with Gasteiger partial charge in [-0.3, -0.25) is 0 Å². The first kappa shape index (κ1) is 8.70. The number of hydrogen-bond donors (Lipinski definition) is 1. The number of fused-ring (bicyclic) bond motifs is 1. The van der Waals surface area contributed by atoms with Crippen molar-refractivity contribution < 1.29 is 9.50 Å². The second-order valence-corrected chi connectivity index (χ2v) is 3.59. The van der Waals surface area contributed by atoms with Crippen LogP contribution in [0.25, 0.3) is 0 Å². The van der Waals surface area contributed by atoms with Crippen LogP contribution in [0.1, 0.15) is 29.9 Å². The summed E-state index contributed by atoms with van der Waals surface area (Å²) >= 11 is 0. The summed E-state index contributed by atoms with van der Waals surface area (Å²) in [6.07, 6.45) is 2.82. The Labute approximate surface area is 77.2 Å². The third-order valence-corrected chi connectivity index (χ3v) is 2.78. The highest BCUT2D eigenvalue weighted by molar-refractivity contribution is 5.35. The van der Waals surface area contributed by atoms with Crippen LogP contribution < -0.4 is 0 Å². The van der Waals surface area contributed by atoms with Gasteiger partial charge >= 0.3 is 0 Å². The van der Waals surface area contributed by atoms with Crippen molar-refractivity contribution in [1.82, 2.24) is 0 Å². The molecule has 2 heteroatoms. The molecule has 1 aliphatic rings. The van der Waals surface area contributed by atoms with E-state index in [0.717, 1.165) is 24.8 Å². The van der Waals surface area contributed by atoms with E-state index in [1.54, 1.807) is 6.07 Å². The number of aryl methyl sites for hydroxylation is 1. The smallest absolute Gasteiger partial charge is 0.123 e. The average Bonchev–Trinajstić information content (AvgIpc) is 2.49. The molecule has 1 N–H and O–H groups in total. The summed E-state index contributed by atoms with van der Waals surface area (Å²) in [6, 6.07) is 4.99. The van der Waals surface area contributed by atoms with Crippen LogP contribution in [0.5, 0.6) is 0 Å². The van der Waals surface area contributed by atoms with E-state index in [0.29, 0.717) is 5.92 Å². The van der Waals surface area contributed by atoms with Crippen molar-refractivity contribution in [1.29, 1.82) is 0 Å². The van der Waals surface area contributed by atoms with Crippen molar-refractivity contribution in [2.24, 2.45) is 0 Å². The van der Waals surface area contributed by atoms with Crippen LogP contribution in [0.2, 0.25) is 0 Å². The van der Waals surface area contributed by atoms with E-state index in [1.807, 2.05) is 6.07 Å². The van der Waals surface area contributed by atoms with Crippen LogP contribution >= 0.6 is 0 Å². The van der Waals surface area contributed by atoms with Crippen LogP contribution in [0, 0.1) is 5.82 Å². The molecule has 70 valence electrons. The molecule has 1 nitrogen and oxygen atoms in total. The standard InChI is InChI=1S/C11H13FO/c12-10-3-4-11-8(5-6-13)1-2-9(11)7-10/h3-4,7-8,13H,1-2,5-6H2/t8-/m0/s1. The molecular formula is C11H13FO.